The van der Waals surface area contributed by atoms with Gasteiger partial charge in [-0.25, -0.2) is 4.79 Å². The topological polar surface area (TPSA) is 38.3 Å². The van der Waals surface area contributed by atoms with Crippen molar-refractivity contribution in [3.8, 4) is 0 Å². The fraction of sp³-hybridized carbons (Fsp3) is 0.917. The van der Waals surface area contributed by atoms with E-state index in [1.807, 2.05) is 20.8 Å². The van der Waals surface area contributed by atoms with Crippen LogP contribution in [0.5, 0.6) is 0 Å². The minimum Gasteiger partial charge on any atom is -0.444 e. The van der Waals surface area contributed by atoms with Crippen molar-refractivity contribution in [3.05, 3.63) is 0 Å². The van der Waals surface area contributed by atoms with Crippen molar-refractivity contribution >= 4 is 22.0 Å². The molecule has 0 aromatic rings. The van der Waals surface area contributed by atoms with Crippen LogP contribution in [0.1, 0.15) is 52.9 Å². The highest BCUT2D eigenvalue weighted by Crippen LogP contribution is 2.33. The van der Waals surface area contributed by atoms with E-state index in [9.17, 15) is 4.79 Å². The van der Waals surface area contributed by atoms with E-state index in [4.69, 9.17) is 4.74 Å². The van der Waals surface area contributed by atoms with E-state index in [0.717, 1.165) is 24.6 Å². The van der Waals surface area contributed by atoms with Gasteiger partial charge >= 0.3 is 6.09 Å². The second kappa shape index (κ2) is 5.39. The number of alkyl halides is 1. The van der Waals surface area contributed by atoms with Gasteiger partial charge in [0.25, 0.3) is 0 Å². The quantitative estimate of drug-likeness (QED) is 0.807. The number of alkyl carbamates (subject to hydrolysis) is 1. The van der Waals surface area contributed by atoms with Gasteiger partial charge < -0.3 is 10.1 Å². The van der Waals surface area contributed by atoms with Gasteiger partial charge in [0, 0.05) is 10.9 Å². The van der Waals surface area contributed by atoms with Gasteiger partial charge in [-0.15, -0.1) is 0 Å². The number of amides is 1. The molecule has 16 heavy (non-hydrogen) atoms. The highest BCUT2D eigenvalue weighted by atomic mass is 79.9. The van der Waals surface area contributed by atoms with Crippen LogP contribution in [-0.4, -0.2) is 22.6 Å². The third kappa shape index (κ3) is 4.32. The Hall–Kier alpha value is -0.250. The van der Waals surface area contributed by atoms with Gasteiger partial charge in [0.15, 0.2) is 0 Å². The molecule has 1 amide bonds. The summed E-state index contributed by atoms with van der Waals surface area (Å²) < 4.78 is 5.31. The van der Waals surface area contributed by atoms with Crippen LogP contribution in [0.15, 0.2) is 0 Å². The third-order valence-corrected chi connectivity index (χ3v) is 3.30. The Morgan fingerprint density at radius 1 is 1.38 bits per heavy atom. The molecule has 0 aromatic carbocycles. The Kier molecular flexibility index (Phi) is 4.65. The van der Waals surface area contributed by atoms with Gasteiger partial charge in [-0.1, -0.05) is 28.8 Å². The highest BCUT2D eigenvalue weighted by Gasteiger charge is 2.35. The number of ether oxygens (including phenoxy) is 1. The number of hydrogen-bond acceptors (Lipinski definition) is 2. The van der Waals surface area contributed by atoms with Crippen molar-refractivity contribution < 1.29 is 9.53 Å². The second-order valence-corrected chi connectivity index (χ2v) is 6.35. The Morgan fingerprint density at radius 3 is 2.38 bits per heavy atom. The Balaban J connectivity index is 2.52. The molecule has 1 fully saturated rings. The molecular weight excluding hydrogens is 270 g/mol. The average Bonchev–Trinajstić information content (AvgIpc) is 2.49. The molecule has 0 spiro atoms. The molecule has 0 heterocycles. The molecular formula is C12H22BrNO2. The average molecular weight is 292 g/mol. The smallest absolute Gasteiger partial charge is 0.408 e. The van der Waals surface area contributed by atoms with Crippen LogP contribution < -0.4 is 5.32 Å². The monoisotopic (exact) mass is 291 g/mol. The van der Waals surface area contributed by atoms with Crippen molar-refractivity contribution in [1.82, 2.24) is 5.32 Å². The largest absolute Gasteiger partial charge is 0.444 e. The summed E-state index contributed by atoms with van der Waals surface area (Å²) in [4.78, 5) is 11.7. The van der Waals surface area contributed by atoms with E-state index < -0.39 is 5.60 Å². The summed E-state index contributed by atoms with van der Waals surface area (Å²) >= 11 is 3.45. The van der Waals surface area contributed by atoms with E-state index in [1.165, 1.54) is 12.8 Å². The minimum absolute atomic E-state index is 0.0359. The number of hydrogen-bond donors (Lipinski definition) is 1. The fourth-order valence-corrected chi connectivity index (χ4v) is 2.95. The maximum atomic E-state index is 11.7. The first kappa shape index (κ1) is 13.8. The summed E-state index contributed by atoms with van der Waals surface area (Å²) in [5.41, 5.74) is -0.454. The molecule has 1 aliphatic rings. The molecule has 0 radical (unpaired) electrons. The van der Waals surface area contributed by atoms with E-state index in [2.05, 4.69) is 21.2 Å². The van der Waals surface area contributed by atoms with Crippen LogP contribution in [-0.2, 0) is 4.74 Å². The molecule has 0 aliphatic heterocycles. The number of halogens is 1. The lowest BCUT2D eigenvalue weighted by Gasteiger charge is -2.31. The van der Waals surface area contributed by atoms with Crippen LogP contribution in [0.2, 0.25) is 0 Å². The summed E-state index contributed by atoms with van der Waals surface area (Å²) in [5.74, 6) is 0. The summed E-state index contributed by atoms with van der Waals surface area (Å²) in [7, 11) is 0. The zero-order valence-electron chi connectivity index (χ0n) is 10.4. The van der Waals surface area contributed by atoms with Crippen molar-refractivity contribution in [2.75, 3.05) is 5.33 Å². The Bertz CT molecular complexity index is 242. The predicted octanol–water partition coefficient (Wildman–Crippen LogP) is 3.61. The summed E-state index contributed by atoms with van der Waals surface area (Å²) in [6.07, 6.45) is 5.23. The standard InChI is InChI=1S/C12H22BrNO2/c1-11(2,3)16-10(15)14-12(8-9-13)6-4-5-7-12/h4-9H2,1-3H3,(H,14,15). The van der Waals surface area contributed by atoms with E-state index >= 15 is 0 Å². The van der Waals surface area contributed by atoms with E-state index in [-0.39, 0.29) is 11.6 Å². The molecule has 1 saturated carbocycles. The van der Waals surface area contributed by atoms with Crippen LogP contribution >= 0.6 is 15.9 Å². The molecule has 4 heteroatoms. The summed E-state index contributed by atoms with van der Waals surface area (Å²) in [6, 6.07) is 0. The number of rotatable bonds is 3. The normalized spacial score (nSPS) is 19.5. The van der Waals surface area contributed by atoms with E-state index in [0.29, 0.717) is 0 Å². The van der Waals surface area contributed by atoms with Crippen LogP contribution in [0.25, 0.3) is 0 Å². The zero-order chi connectivity index (χ0) is 12.2. The molecule has 3 nitrogen and oxygen atoms in total. The predicted molar refractivity (Wildman–Crippen MR) is 69.0 cm³/mol. The molecule has 0 saturated heterocycles. The molecule has 0 bridgehead atoms. The first-order valence-corrected chi connectivity index (χ1v) is 7.06. The lowest BCUT2D eigenvalue weighted by atomic mass is 9.94. The second-order valence-electron chi connectivity index (χ2n) is 5.55. The lowest BCUT2D eigenvalue weighted by Crippen LogP contribution is -2.48. The number of carbonyl (C=O) groups is 1. The Morgan fingerprint density at radius 2 is 1.94 bits per heavy atom. The molecule has 1 rings (SSSR count). The van der Waals surface area contributed by atoms with Gasteiger partial charge in [0.1, 0.15) is 5.60 Å². The van der Waals surface area contributed by atoms with Crippen LogP contribution in [0, 0.1) is 0 Å². The maximum Gasteiger partial charge on any atom is 0.408 e. The zero-order valence-corrected chi connectivity index (χ0v) is 12.0. The first-order chi connectivity index (χ1) is 7.37. The SMILES string of the molecule is CC(C)(C)OC(=O)NC1(CCBr)CCCC1. The van der Waals surface area contributed by atoms with Crippen LogP contribution in [0.3, 0.4) is 0 Å². The highest BCUT2D eigenvalue weighted by molar-refractivity contribution is 9.09. The number of nitrogens with one attached hydrogen (secondary N) is 1. The molecule has 1 N–H and O–H groups in total. The van der Waals surface area contributed by atoms with Gasteiger partial charge in [-0.2, -0.15) is 0 Å². The summed E-state index contributed by atoms with van der Waals surface area (Å²) in [5, 5.41) is 3.98. The first-order valence-electron chi connectivity index (χ1n) is 5.94. The van der Waals surface area contributed by atoms with Crippen molar-refractivity contribution in [2.24, 2.45) is 0 Å². The fourth-order valence-electron chi connectivity index (χ4n) is 2.19. The molecule has 0 aromatic heterocycles. The van der Waals surface area contributed by atoms with Crippen molar-refractivity contribution in [2.45, 2.75) is 64.0 Å². The molecule has 1 aliphatic carbocycles. The molecule has 0 unspecified atom stereocenters. The third-order valence-electron chi connectivity index (χ3n) is 2.90. The summed E-state index contributed by atoms with van der Waals surface area (Å²) in [6.45, 7) is 5.66. The van der Waals surface area contributed by atoms with Crippen molar-refractivity contribution in [1.29, 1.82) is 0 Å². The van der Waals surface area contributed by atoms with Gasteiger partial charge in [0.05, 0.1) is 0 Å². The lowest BCUT2D eigenvalue weighted by molar-refractivity contribution is 0.0454. The van der Waals surface area contributed by atoms with Crippen LogP contribution in [0.4, 0.5) is 4.79 Å². The van der Waals surface area contributed by atoms with E-state index in [1.54, 1.807) is 0 Å². The van der Waals surface area contributed by atoms with Crippen molar-refractivity contribution in [3.63, 3.8) is 0 Å². The van der Waals surface area contributed by atoms with Gasteiger partial charge in [0.2, 0.25) is 0 Å². The molecule has 0 atom stereocenters. The van der Waals surface area contributed by atoms with Gasteiger partial charge in [-0.3, -0.25) is 0 Å². The molecule has 94 valence electrons. The minimum atomic E-state index is -0.418. The van der Waals surface area contributed by atoms with Gasteiger partial charge in [-0.05, 0) is 40.0 Å². The maximum absolute atomic E-state index is 11.7. The Labute approximate surface area is 106 Å². The number of carbonyl (C=O) groups excluding carboxylic acids is 1.